The Bertz CT molecular complexity index is 684. The van der Waals surface area contributed by atoms with Crippen LogP contribution in [0.1, 0.15) is 17.5 Å². The van der Waals surface area contributed by atoms with Gasteiger partial charge in [0.15, 0.2) is 0 Å². The van der Waals surface area contributed by atoms with Gasteiger partial charge in [-0.2, -0.15) is 0 Å². The molecule has 0 spiro atoms. The molecule has 0 saturated carbocycles. The van der Waals surface area contributed by atoms with Gasteiger partial charge in [0.2, 0.25) is 0 Å². The highest BCUT2D eigenvalue weighted by atomic mass is 35.5. The van der Waals surface area contributed by atoms with Crippen LogP contribution in [0.2, 0.25) is 5.02 Å². The molecule has 0 radical (unpaired) electrons. The molecular formula is C17H17ClN2O. The van der Waals surface area contributed by atoms with E-state index in [9.17, 15) is 4.79 Å². The van der Waals surface area contributed by atoms with Crippen LogP contribution in [0.3, 0.4) is 0 Å². The van der Waals surface area contributed by atoms with Crippen LogP contribution >= 0.6 is 11.6 Å². The number of hydrogen-bond donors (Lipinski definition) is 1. The van der Waals surface area contributed by atoms with Crippen LogP contribution in [0.5, 0.6) is 0 Å². The maximum Gasteiger partial charge on any atom is 0.326 e. The Labute approximate surface area is 129 Å². The molecule has 0 atom stereocenters. The third kappa shape index (κ3) is 2.88. The average molecular weight is 301 g/mol. The molecular weight excluding hydrogens is 284 g/mol. The highest BCUT2D eigenvalue weighted by Crippen LogP contribution is 2.28. The monoisotopic (exact) mass is 300 g/mol. The summed E-state index contributed by atoms with van der Waals surface area (Å²) < 4.78 is 0. The third-order valence-electron chi connectivity index (χ3n) is 3.79. The van der Waals surface area contributed by atoms with Gasteiger partial charge in [-0.25, -0.2) is 4.79 Å². The number of urea groups is 1. The first-order valence-electron chi connectivity index (χ1n) is 7.08. The number of nitrogens with zero attached hydrogens (tertiary/aromatic N) is 1. The molecule has 0 fully saturated rings. The van der Waals surface area contributed by atoms with E-state index < -0.39 is 0 Å². The number of amides is 2. The van der Waals surface area contributed by atoms with Crippen LogP contribution in [0, 0.1) is 6.92 Å². The van der Waals surface area contributed by atoms with E-state index in [1.807, 2.05) is 42.2 Å². The number of hydrogen-bond acceptors (Lipinski definition) is 1. The van der Waals surface area contributed by atoms with Crippen molar-refractivity contribution in [2.75, 3.05) is 16.8 Å². The molecule has 3 rings (SSSR count). The first-order valence-corrected chi connectivity index (χ1v) is 7.45. The number of anilines is 2. The van der Waals surface area contributed by atoms with Gasteiger partial charge in [0, 0.05) is 22.9 Å². The molecule has 4 heteroatoms. The van der Waals surface area contributed by atoms with Crippen LogP contribution in [0.25, 0.3) is 0 Å². The number of carbonyl (C=O) groups excluding carboxylic acids is 1. The lowest BCUT2D eigenvalue weighted by molar-refractivity contribution is 0.256. The van der Waals surface area contributed by atoms with Crippen LogP contribution < -0.4 is 10.2 Å². The summed E-state index contributed by atoms with van der Waals surface area (Å²) in [6.07, 6.45) is 2.02. The van der Waals surface area contributed by atoms with Gasteiger partial charge in [-0.3, -0.25) is 4.90 Å². The highest BCUT2D eigenvalue weighted by molar-refractivity contribution is 6.30. The molecule has 1 N–H and O–H groups in total. The largest absolute Gasteiger partial charge is 0.326 e. The maximum absolute atomic E-state index is 12.5. The minimum absolute atomic E-state index is 0.0902. The van der Waals surface area contributed by atoms with Gasteiger partial charge in [0.05, 0.1) is 0 Å². The number of aryl methyl sites for hydroxylation is 2. The van der Waals surface area contributed by atoms with Crippen molar-refractivity contribution in [1.82, 2.24) is 0 Å². The predicted octanol–water partition coefficient (Wildman–Crippen LogP) is 4.63. The SMILES string of the molecule is Cc1cc(Cl)ccc1NC(=O)N1CCCc2ccccc21. The minimum atomic E-state index is -0.0902. The van der Waals surface area contributed by atoms with Crippen LogP contribution in [0.15, 0.2) is 42.5 Å². The Kier molecular flexibility index (Phi) is 3.84. The van der Waals surface area contributed by atoms with Gasteiger partial charge in [-0.15, -0.1) is 0 Å². The van der Waals surface area contributed by atoms with Crippen LogP contribution in [0.4, 0.5) is 16.2 Å². The van der Waals surface area contributed by atoms with E-state index in [-0.39, 0.29) is 6.03 Å². The van der Waals surface area contributed by atoms with Crippen molar-refractivity contribution in [3.05, 3.63) is 58.6 Å². The van der Waals surface area contributed by atoms with Crippen molar-refractivity contribution in [2.24, 2.45) is 0 Å². The lowest BCUT2D eigenvalue weighted by Gasteiger charge is -2.29. The predicted molar refractivity (Wildman–Crippen MR) is 87.3 cm³/mol. The van der Waals surface area contributed by atoms with Crippen molar-refractivity contribution < 1.29 is 4.79 Å². The highest BCUT2D eigenvalue weighted by Gasteiger charge is 2.22. The van der Waals surface area contributed by atoms with Crippen molar-refractivity contribution in [1.29, 1.82) is 0 Å². The average Bonchev–Trinajstić information content (AvgIpc) is 2.49. The molecule has 21 heavy (non-hydrogen) atoms. The first kappa shape index (κ1) is 14.0. The zero-order valence-electron chi connectivity index (χ0n) is 11.9. The van der Waals surface area contributed by atoms with Crippen molar-refractivity contribution in [3.63, 3.8) is 0 Å². The van der Waals surface area contributed by atoms with Gasteiger partial charge < -0.3 is 5.32 Å². The molecule has 0 unspecified atom stereocenters. The second-order valence-corrected chi connectivity index (χ2v) is 5.71. The summed E-state index contributed by atoms with van der Waals surface area (Å²) in [5, 5.41) is 3.65. The van der Waals surface area contributed by atoms with Crippen molar-refractivity contribution >= 4 is 29.0 Å². The molecule has 1 heterocycles. The Balaban J connectivity index is 1.83. The fourth-order valence-corrected chi connectivity index (χ4v) is 2.92. The van der Waals surface area contributed by atoms with E-state index >= 15 is 0 Å². The number of benzene rings is 2. The molecule has 0 aromatic heterocycles. The van der Waals surface area contributed by atoms with Crippen molar-refractivity contribution in [3.8, 4) is 0 Å². The first-order chi connectivity index (χ1) is 10.1. The molecule has 2 amide bonds. The van der Waals surface area contributed by atoms with E-state index in [0.717, 1.165) is 36.3 Å². The van der Waals surface area contributed by atoms with E-state index in [0.29, 0.717) is 5.02 Å². The zero-order chi connectivity index (χ0) is 14.8. The smallest absolute Gasteiger partial charge is 0.307 e. The second-order valence-electron chi connectivity index (χ2n) is 5.27. The molecule has 2 aromatic rings. The molecule has 108 valence electrons. The van der Waals surface area contributed by atoms with E-state index in [1.54, 1.807) is 6.07 Å². The van der Waals surface area contributed by atoms with Gasteiger partial charge >= 0.3 is 6.03 Å². The number of fused-ring (bicyclic) bond motifs is 1. The normalized spacial score (nSPS) is 13.7. The summed E-state index contributed by atoms with van der Waals surface area (Å²) in [5.74, 6) is 0. The van der Waals surface area contributed by atoms with Gasteiger partial charge in [0.1, 0.15) is 0 Å². The fourth-order valence-electron chi connectivity index (χ4n) is 2.69. The molecule has 1 aliphatic heterocycles. The number of halogens is 1. The minimum Gasteiger partial charge on any atom is -0.307 e. The van der Waals surface area contributed by atoms with Gasteiger partial charge in [-0.1, -0.05) is 29.8 Å². The topological polar surface area (TPSA) is 32.3 Å². The summed E-state index contributed by atoms with van der Waals surface area (Å²) in [7, 11) is 0. The molecule has 1 aliphatic rings. The lowest BCUT2D eigenvalue weighted by Crippen LogP contribution is -2.38. The Morgan fingerprint density at radius 3 is 2.86 bits per heavy atom. The number of rotatable bonds is 1. The van der Waals surface area contributed by atoms with E-state index in [1.165, 1.54) is 5.56 Å². The molecule has 0 saturated heterocycles. The quantitative estimate of drug-likeness (QED) is 0.818. The Morgan fingerprint density at radius 1 is 1.24 bits per heavy atom. The standard InChI is InChI=1S/C17H17ClN2O/c1-12-11-14(18)8-9-15(12)19-17(21)20-10-4-6-13-5-2-3-7-16(13)20/h2-3,5,7-9,11H,4,6,10H2,1H3,(H,19,21). The summed E-state index contributed by atoms with van der Waals surface area (Å²) >= 11 is 5.95. The lowest BCUT2D eigenvalue weighted by atomic mass is 10.0. The van der Waals surface area contributed by atoms with E-state index in [4.69, 9.17) is 11.6 Å². The number of para-hydroxylation sites is 1. The molecule has 2 aromatic carbocycles. The zero-order valence-corrected chi connectivity index (χ0v) is 12.7. The summed E-state index contributed by atoms with van der Waals surface area (Å²) in [6.45, 7) is 2.68. The Morgan fingerprint density at radius 2 is 2.05 bits per heavy atom. The maximum atomic E-state index is 12.5. The Hall–Kier alpha value is -2.00. The van der Waals surface area contributed by atoms with Crippen LogP contribution in [-0.2, 0) is 6.42 Å². The molecule has 3 nitrogen and oxygen atoms in total. The number of nitrogens with one attached hydrogen (secondary N) is 1. The van der Waals surface area contributed by atoms with Crippen molar-refractivity contribution in [2.45, 2.75) is 19.8 Å². The fraction of sp³-hybridized carbons (Fsp3) is 0.235. The summed E-state index contributed by atoms with van der Waals surface area (Å²) in [6, 6.07) is 13.5. The molecule has 0 aliphatic carbocycles. The second kappa shape index (κ2) is 5.78. The van der Waals surface area contributed by atoms with Crippen LogP contribution in [-0.4, -0.2) is 12.6 Å². The van der Waals surface area contributed by atoms with Gasteiger partial charge in [0.25, 0.3) is 0 Å². The number of carbonyl (C=O) groups is 1. The third-order valence-corrected chi connectivity index (χ3v) is 4.02. The summed E-state index contributed by atoms with van der Waals surface area (Å²) in [4.78, 5) is 14.4. The summed E-state index contributed by atoms with van der Waals surface area (Å²) in [5.41, 5.74) is 3.99. The van der Waals surface area contributed by atoms with Gasteiger partial charge in [-0.05, 0) is 55.2 Å². The molecule has 0 bridgehead atoms. The van der Waals surface area contributed by atoms with E-state index in [2.05, 4.69) is 11.4 Å².